The first-order valence-electron chi connectivity index (χ1n) is 7.48. The summed E-state index contributed by atoms with van der Waals surface area (Å²) in [5.41, 5.74) is 2.09. The smallest absolute Gasteiger partial charge is 0.244 e. The highest BCUT2D eigenvalue weighted by atomic mass is 16.2. The molecule has 0 aliphatic rings. The second-order valence-corrected chi connectivity index (χ2v) is 5.02. The van der Waals surface area contributed by atoms with Gasteiger partial charge in [-0.15, -0.1) is 0 Å². The Morgan fingerprint density at radius 1 is 1.04 bits per heavy atom. The predicted molar refractivity (Wildman–Crippen MR) is 92.9 cm³/mol. The fourth-order valence-electron chi connectivity index (χ4n) is 1.95. The number of hydrogen-bond donors (Lipinski definition) is 2. The van der Waals surface area contributed by atoms with Crippen LogP contribution < -0.4 is 10.6 Å². The molecular formula is C19H17N3O2. The van der Waals surface area contributed by atoms with Crippen molar-refractivity contribution in [3.63, 3.8) is 0 Å². The molecule has 0 heterocycles. The minimum atomic E-state index is -0.245. The number of nitrogens with zero attached hydrogens (tertiary/aromatic N) is 1. The van der Waals surface area contributed by atoms with E-state index in [1.54, 1.807) is 30.3 Å². The van der Waals surface area contributed by atoms with Crippen LogP contribution >= 0.6 is 0 Å². The third-order valence-electron chi connectivity index (χ3n) is 3.18. The highest BCUT2D eigenvalue weighted by Gasteiger charge is 2.03. The molecule has 0 aliphatic heterocycles. The Bertz CT molecular complexity index is 759. The molecule has 0 spiro atoms. The zero-order valence-electron chi connectivity index (χ0n) is 13.0. The summed E-state index contributed by atoms with van der Waals surface area (Å²) in [6, 6.07) is 18.1. The lowest BCUT2D eigenvalue weighted by atomic mass is 10.2. The summed E-state index contributed by atoms with van der Waals surface area (Å²) >= 11 is 0. The Labute approximate surface area is 140 Å². The molecule has 0 aromatic heterocycles. The van der Waals surface area contributed by atoms with Gasteiger partial charge in [0.1, 0.15) is 0 Å². The van der Waals surface area contributed by atoms with Gasteiger partial charge in [0, 0.05) is 24.7 Å². The van der Waals surface area contributed by atoms with Gasteiger partial charge in [-0.1, -0.05) is 30.3 Å². The molecule has 0 bridgehead atoms. The average Bonchev–Trinajstić information content (AvgIpc) is 2.61. The van der Waals surface area contributed by atoms with Gasteiger partial charge >= 0.3 is 0 Å². The Kier molecular flexibility index (Phi) is 6.30. The monoisotopic (exact) mass is 319 g/mol. The van der Waals surface area contributed by atoms with Crippen LogP contribution in [0.3, 0.4) is 0 Å². The van der Waals surface area contributed by atoms with Gasteiger partial charge in [-0.25, -0.2) is 0 Å². The van der Waals surface area contributed by atoms with Crippen LogP contribution in [0, 0.1) is 11.3 Å². The first-order chi connectivity index (χ1) is 11.7. The molecule has 0 saturated heterocycles. The SMILES string of the molecule is N#Cc1ccc(NC(=O)CCNC(=O)C=Cc2ccccc2)cc1. The van der Waals surface area contributed by atoms with E-state index in [1.807, 2.05) is 36.4 Å². The molecule has 0 atom stereocenters. The van der Waals surface area contributed by atoms with E-state index in [2.05, 4.69) is 10.6 Å². The van der Waals surface area contributed by atoms with Gasteiger partial charge in [0.2, 0.25) is 11.8 Å². The number of nitriles is 1. The largest absolute Gasteiger partial charge is 0.352 e. The maximum atomic E-state index is 11.8. The van der Waals surface area contributed by atoms with Crippen molar-refractivity contribution in [1.82, 2.24) is 5.32 Å². The van der Waals surface area contributed by atoms with Gasteiger partial charge in [-0.2, -0.15) is 5.26 Å². The summed E-state index contributed by atoms with van der Waals surface area (Å²) in [5.74, 6) is -0.447. The second-order valence-electron chi connectivity index (χ2n) is 5.02. The van der Waals surface area contributed by atoms with Gasteiger partial charge in [-0.05, 0) is 35.9 Å². The maximum absolute atomic E-state index is 11.8. The van der Waals surface area contributed by atoms with Crippen molar-refractivity contribution in [2.24, 2.45) is 0 Å². The van der Waals surface area contributed by atoms with E-state index in [1.165, 1.54) is 6.08 Å². The highest BCUT2D eigenvalue weighted by molar-refractivity contribution is 5.93. The molecule has 2 aromatic carbocycles. The topological polar surface area (TPSA) is 82.0 Å². The van der Waals surface area contributed by atoms with Gasteiger partial charge in [0.15, 0.2) is 0 Å². The molecule has 120 valence electrons. The zero-order valence-corrected chi connectivity index (χ0v) is 13.0. The lowest BCUT2D eigenvalue weighted by molar-refractivity contribution is -0.117. The van der Waals surface area contributed by atoms with Crippen molar-refractivity contribution in [3.8, 4) is 6.07 Å². The van der Waals surface area contributed by atoms with E-state index in [4.69, 9.17) is 5.26 Å². The third kappa shape index (κ3) is 5.78. The Morgan fingerprint density at radius 2 is 1.75 bits per heavy atom. The molecule has 2 N–H and O–H groups in total. The number of carbonyl (C=O) groups is 2. The number of carbonyl (C=O) groups excluding carboxylic acids is 2. The summed E-state index contributed by atoms with van der Waals surface area (Å²) in [6.07, 6.45) is 3.32. The number of anilines is 1. The minimum Gasteiger partial charge on any atom is -0.352 e. The molecule has 0 unspecified atom stereocenters. The minimum absolute atomic E-state index is 0.172. The van der Waals surface area contributed by atoms with Gasteiger partial charge in [0.25, 0.3) is 0 Å². The van der Waals surface area contributed by atoms with E-state index >= 15 is 0 Å². The van der Waals surface area contributed by atoms with E-state index in [0.717, 1.165) is 5.56 Å². The van der Waals surface area contributed by atoms with Crippen LogP contribution in [0.4, 0.5) is 5.69 Å². The van der Waals surface area contributed by atoms with Crippen molar-refractivity contribution in [1.29, 1.82) is 5.26 Å². The standard InChI is InChI=1S/C19H17N3O2/c20-14-16-6-9-17(10-7-16)22-19(24)12-13-21-18(23)11-8-15-4-2-1-3-5-15/h1-11H,12-13H2,(H,21,23)(H,22,24). The van der Waals surface area contributed by atoms with E-state index in [-0.39, 0.29) is 24.8 Å². The number of rotatable bonds is 6. The summed E-state index contributed by atoms with van der Waals surface area (Å²) in [5, 5.41) is 14.1. The van der Waals surface area contributed by atoms with E-state index in [9.17, 15) is 9.59 Å². The Balaban J connectivity index is 1.71. The normalized spacial score (nSPS) is 10.1. The van der Waals surface area contributed by atoms with Crippen molar-refractivity contribution in [2.45, 2.75) is 6.42 Å². The second kappa shape index (κ2) is 8.91. The number of nitrogens with one attached hydrogen (secondary N) is 2. The molecular weight excluding hydrogens is 302 g/mol. The first-order valence-corrected chi connectivity index (χ1v) is 7.48. The summed E-state index contributed by atoms with van der Waals surface area (Å²) in [7, 11) is 0. The van der Waals surface area contributed by atoms with Crippen molar-refractivity contribution < 1.29 is 9.59 Å². The molecule has 2 amide bonds. The first kappa shape index (κ1) is 17.0. The van der Waals surface area contributed by atoms with Crippen LogP contribution in [0.25, 0.3) is 6.08 Å². The molecule has 2 rings (SSSR count). The van der Waals surface area contributed by atoms with Crippen LogP contribution in [-0.4, -0.2) is 18.4 Å². The zero-order chi connectivity index (χ0) is 17.2. The molecule has 5 nitrogen and oxygen atoms in total. The van der Waals surface area contributed by atoms with E-state index < -0.39 is 0 Å². The number of benzene rings is 2. The number of amides is 2. The Hall–Kier alpha value is -3.39. The maximum Gasteiger partial charge on any atom is 0.244 e. The fraction of sp³-hybridized carbons (Fsp3) is 0.105. The van der Waals surface area contributed by atoms with Crippen LogP contribution in [0.2, 0.25) is 0 Å². The molecule has 0 saturated carbocycles. The fourth-order valence-corrected chi connectivity index (χ4v) is 1.95. The van der Waals surface area contributed by atoms with Crippen molar-refractivity contribution in [2.75, 3.05) is 11.9 Å². The molecule has 0 fully saturated rings. The predicted octanol–water partition coefficient (Wildman–Crippen LogP) is 2.72. The highest BCUT2D eigenvalue weighted by Crippen LogP contribution is 2.08. The lowest BCUT2D eigenvalue weighted by Gasteiger charge is -2.05. The summed E-state index contributed by atoms with van der Waals surface area (Å²) in [4.78, 5) is 23.4. The van der Waals surface area contributed by atoms with Crippen molar-refractivity contribution >= 4 is 23.6 Å². The molecule has 24 heavy (non-hydrogen) atoms. The molecule has 5 heteroatoms. The average molecular weight is 319 g/mol. The van der Waals surface area contributed by atoms with Crippen LogP contribution in [-0.2, 0) is 9.59 Å². The van der Waals surface area contributed by atoms with Gasteiger partial charge in [0.05, 0.1) is 11.6 Å². The third-order valence-corrected chi connectivity index (χ3v) is 3.18. The van der Waals surface area contributed by atoms with Crippen LogP contribution in [0.15, 0.2) is 60.7 Å². The van der Waals surface area contributed by atoms with E-state index in [0.29, 0.717) is 11.3 Å². The Morgan fingerprint density at radius 3 is 2.42 bits per heavy atom. The molecule has 2 aromatic rings. The van der Waals surface area contributed by atoms with Crippen molar-refractivity contribution in [3.05, 3.63) is 71.8 Å². The quantitative estimate of drug-likeness (QED) is 0.803. The summed E-state index contributed by atoms with van der Waals surface area (Å²) < 4.78 is 0. The van der Waals surface area contributed by atoms with Gasteiger partial charge in [-0.3, -0.25) is 9.59 Å². The lowest BCUT2D eigenvalue weighted by Crippen LogP contribution is -2.26. The van der Waals surface area contributed by atoms with Crippen LogP contribution in [0.1, 0.15) is 17.5 Å². The number of hydrogen-bond acceptors (Lipinski definition) is 3. The van der Waals surface area contributed by atoms with Gasteiger partial charge < -0.3 is 10.6 Å². The van der Waals surface area contributed by atoms with Crippen LogP contribution in [0.5, 0.6) is 0 Å². The molecule has 0 radical (unpaired) electrons. The molecule has 0 aliphatic carbocycles. The summed E-state index contributed by atoms with van der Waals surface area (Å²) in [6.45, 7) is 0.250.